The summed E-state index contributed by atoms with van der Waals surface area (Å²) in [7, 11) is 0. The van der Waals surface area contributed by atoms with Crippen molar-refractivity contribution in [1.29, 1.82) is 0 Å². The van der Waals surface area contributed by atoms with Gasteiger partial charge in [-0.1, -0.05) is 18.2 Å². The van der Waals surface area contributed by atoms with Gasteiger partial charge in [-0.25, -0.2) is 4.98 Å². The number of nitrogens with one attached hydrogen (secondary N) is 1. The summed E-state index contributed by atoms with van der Waals surface area (Å²) >= 11 is 1.78. The average molecular weight is 424 g/mol. The van der Waals surface area contributed by atoms with E-state index in [0.29, 0.717) is 12.5 Å². The van der Waals surface area contributed by atoms with E-state index in [0.717, 1.165) is 48.5 Å². The number of hydrogen-bond donors (Lipinski definition) is 1. The van der Waals surface area contributed by atoms with E-state index in [1.165, 1.54) is 9.71 Å². The second-order valence-electron chi connectivity index (χ2n) is 7.94. The van der Waals surface area contributed by atoms with Crippen LogP contribution in [-0.4, -0.2) is 41.7 Å². The van der Waals surface area contributed by atoms with Crippen molar-refractivity contribution in [3.8, 4) is 11.5 Å². The summed E-state index contributed by atoms with van der Waals surface area (Å²) < 4.78 is 12.0. The third kappa shape index (κ3) is 3.87. The molecule has 30 heavy (non-hydrogen) atoms. The van der Waals surface area contributed by atoms with Crippen molar-refractivity contribution in [1.82, 2.24) is 15.2 Å². The molecular formula is C23H25N3O3S. The highest BCUT2D eigenvalue weighted by Crippen LogP contribution is 2.34. The standard InChI is InChI=1S/C23H25N3O3S/c1-15(22(27)24-12-16-8-9-19-20(11-16)29-14-28-19)26-10-4-5-17(13-26)23-25-18-6-2-3-7-21(18)30-23/h2-3,6-9,11,15,17H,4-5,10,12-14H2,1H3,(H,24,27)/t15-,17+/m1/s1. The Labute approximate surface area is 179 Å². The van der Waals surface area contributed by atoms with E-state index in [1.807, 2.05) is 31.2 Å². The van der Waals surface area contributed by atoms with Crippen molar-refractivity contribution >= 4 is 27.5 Å². The number of carbonyl (C=O) groups is 1. The topological polar surface area (TPSA) is 63.7 Å². The molecule has 1 saturated heterocycles. The number of likely N-dealkylation sites (tertiary alicyclic amines) is 1. The van der Waals surface area contributed by atoms with Crippen LogP contribution >= 0.6 is 11.3 Å². The Hall–Kier alpha value is -2.64. The van der Waals surface area contributed by atoms with Crippen molar-refractivity contribution in [2.24, 2.45) is 0 Å². The summed E-state index contributed by atoms with van der Waals surface area (Å²) in [5.41, 5.74) is 2.08. The zero-order valence-corrected chi connectivity index (χ0v) is 17.8. The fourth-order valence-corrected chi connectivity index (χ4v) is 5.27. The predicted molar refractivity (Wildman–Crippen MR) is 117 cm³/mol. The SMILES string of the molecule is C[C@H](C(=O)NCc1ccc2c(c1)OCO2)N1CCC[C@H](c2nc3ccccc3s2)C1. The van der Waals surface area contributed by atoms with Gasteiger partial charge in [-0.3, -0.25) is 9.69 Å². The number of benzene rings is 2. The molecule has 6 nitrogen and oxygen atoms in total. The number of carbonyl (C=O) groups excluding carboxylic acids is 1. The van der Waals surface area contributed by atoms with Gasteiger partial charge in [-0.2, -0.15) is 0 Å². The molecule has 2 aliphatic heterocycles. The first-order valence-electron chi connectivity index (χ1n) is 10.4. The van der Waals surface area contributed by atoms with Crippen molar-refractivity contribution in [2.75, 3.05) is 19.9 Å². The van der Waals surface area contributed by atoms with Crippen LogP contribution in [0.1, 0.15) is 36.3 Å². The van der Waals surface area contributed by atoms with Crippen LogP contribution in [-0.2, 0) is 11.3 Å². The number of para-hydroxylation sites is 1. The first-order chi connectivity index (χ1) is 14.7. The third-order valence-corrected chi connectivity index (χ3v) is 7.14. The lowest BCUT2D eigenvalue weighted by atomic mass is 9.97. The molecule has 1 fully saturated rings. The Balaban J connectivity index is 1.20. The first-order valence-corrected chi connectivity index (χ1v) is 11.2. The van der Waals surface area contributed by atoms with Crippen molar-refractivity contribution < 1.29 is 14.3 Å². The highest BCUT2D eigenvalue weighted by Gasteiger charge is 2.29. The number of thiazole rings is 1. The lowest BCUT2D eigenvalue weighted by molar-refractivity contribution is -0.126. The van der Waals surface area contributed by atoms with Gasteiger partial charge in [0.15, 0.2) is 11.5 Å². The number of ether oxygens (including phenoxy) is 2. The summed E-state index contributed by atoms with van der Waals surface area (Å²) in [5, 5.41) is 4.26. The van der Waals surface area contributed by atoms with Crippen molar-refractivity contribution in [3.63, 3.8) is 0 Å². The Morgan fingerprint density at radius 2 is 2.13 bits per heavy atom. The summed E-state index contributed by atoms with van der Waals surface area (Å²) in [6.45, 7) is 4.55. The van der Waals surface area contributed by atoms with E-state index in [4.69, 9.17) is 14.5 Å². The van der Waals surface area contributed by atoms with Crippen molar-refractivity contribution in [3.05, 3.63) is 53.0 Å². The molecule has 0 unspecified atom stereocenters. The van der Waals surface area contributed by atoms with Crippen LogP contribution in [0.5, 0.6) is 11.5 Å². The summed E-state index contributed by atoms with van der Waals surface area (Å²) in [6.07, 6.45) is 2.21. The lowest BCUT2D eigenvalue weighted by Crippen LogP contribution is -2.48. The van der Waals surface area contributed by atoms with Crippen LogP contribution in [0.25, 0.3) is 10.2 Å². The third-order valence-electron chi connectivity index (χ3n) is 5.94. The van der Waals surface area contributed by atoms with Gasteiger partial charge in [-0.15, -0.1) is 11.3 Å². The van der Waals surface area contributed by atoms with E-state index >= 15 is 0 Å². The van der Waals surface area contributed by atoms with Gasteiger partial charge in [0.05, 0.1) is 21.3 Å². The molecule has 3 aromatic rings. The van der Waals surface area contributed by atoms with Crippen LogP contribution in [0.15, 0.2) is 42.5 Å². The number of amides is 1. The fraction of sp³-hybridized carbons (Fsp3) is 0.391. The van der Waals surface area contributed by atoms with Crippen molar-refractivity contribution in [2.45, 2.75) is 38.3 Å². The molecule has 2 atom stereocenters. The molecule has 0 saturated carbocycles. The minimum Gasteiger partial charge on any atom is -0.454 e. The summed E-state index contributed by atoms with van der Waals surface area (Å²) in [5.74, 6) is 1.94. The van der Waals surface area contributed by atoms with Gasteiger partial charge in [0.2, 0.25) is 12.7 Å². The van der Waals surface area contributed by atoms with Crippen LogP contribution in [0.2, 0.25) is 0 Å². The van der Waals surface area contributed by atoms with E-state index < -0.39 is 0 Å². The highest BCUT2D eigenvalue weighted by atomic mass is 32.1. The van der Waals surface area contributed by atoms with Gasteiger partial charge in [0.25, 0.3) is 0 Å². The van der Waals surface area contributed by atoms with E-state index in [2.05, 4.69) is 28.4 Å². The molecule has 156 valence electrons. The highest BCUT2D eigenvalue weighted by molar-refractivity contribution is 7.18. The van der Waals surface area contributed by atoms with Crippen LogP contribution in [0.3, 0.4) is 0 Å². The maximum Gasteiger partial charge on any atom is 0.237 e. The van der Waals surface area contributed by atoms with Gasteiger partial charge >= 0.3 is 0 Å². The second kappa shape index (κ2) is 8.24. The maximum atomic E-state index is 12.8. The molecule has 0 radical (unpaired) electrons. The first kappa shape index (κ1) is 19.3. The van der Waals surface area contributed by atoms with E-state index in [-0.39, 0.29) is 18.7 Å². The molecular weight excluding hydrogens is 398 g/mol. The quantitative estimate of drug-likeness (QED) is 0.674. The maximum absolute atomic E-state index is 12.8. The second-order valence-corrected chi connectivity index (χ2v) is 9.00. The molecule has 0 aliphatic carbocycles. The Bertz CT molecular complexity index is 1030. The average Bonchev–Trinajstić information content (AvgIpc) is 3.43. The largest absolute Gasteiger partial charge is 0.454 e. The van der Waals surface area contributed by atoms with Crippen LogP contribution in [0, 0.1) is 0 Å². The fourth-order valence-electron chi connectivity index (χ4n) is 4.18. The zero-order valence-electron chi connectivity index (χ0n) is 17.0. The Morgan fingerprint density at radius 1 is 1.27 bits per heavy atom. The molecule has 5 rings (SSSR count). The zero-order chi connectivity index (χ0) is 20.5. The van der Waals surface area contributed by atoms with Gasteiger partial charge in [0.1, 0.15) is 0 Å². The van der Waals surface area contributed by atoms with Gasteiger partial charge in [-0.05, 0) is 56.1 Å². The minimum absolute atomic E-state index is 0.0533. The molecule has 0 bridgehead atoms. The van der Waals surface area contributed by atoms with Gasteiger partial charge < -0.3 is 14.8 Å². The minimum atomic E-state index is -0.170. The molecule has 1 aromatic heterocycles. The summed E-state index contributed by atoms with van der Waals surface area (Å²) in [4.78, 5) is 19.9. The van der Waals surface area contributed by atoms with E-state index in [1.54, 1.807) is 11.3 Å². The molecule has 7 heteroatoms. The summed E-state index contributed by atoms with van der Waals surface area (Å²) in [6, 6.07) is 13.9. The molecule has 2 aliphatic rings. The Morgan fingerprint density at radius 3 is 3.03 bits per heavy atom. The number of piperidine rings is 1. The predicted octanol–water partition coefficient (Wildman–Crippen LogP) is 3.91. The normalized spacial score (nSPS) is 19.7. The van der Waals surface area contributed by atoms with Gasteiger partial charge in [0, 0.05) is 19.0 Å². The van der Waals surface area contributed by atoms with E-state index in [9.17, 15) is 4.79 Å². The van der Waals surface area contributed by atoms with Crippen LogP contribution in [0.4, 0.5) is 0 Å². The number of aromatic nitrogens is 1. The lowest BCUT2D eigenvalue weighted by Gasteiger charge is -2.35. The monoisotopic (exact) mass is 423 g/mol. The molecule has 1 amide bonds. The molecule has 3 heterocycles. The number of hydrogen-bond acceptors (Lipinski definition) is 6. The number of rotatable bonds is 5. The number of nitrogens with zero attached hydrogens (tertiary/aromatic N) is 2. The molecule has 1 N–H and O–H groups in total. The Kier molecular flexibility index (Phi) is 5.31. The number of fused-ring (bicyclic) bond motifs is 2. The molecule has 0 spiro atoms. The molecule has 2 aromatic carbocycles. The van der Waals surface area contributed by atoms with Crippen LogP contribution < -0.4 is 14.8 Å². The smallest absolute Gasteiger partial charge is 0.237 e.